The molecule has 0 saturated heterocycles. The van der Waals surface area contributed by atoms with E-state index in [1.807, 2.05) is 5.51 Å². The fourth-order valence-corrected chi connectivity index (χ4v) is 3.83. The highest BCUT2D eigenvalue weighted by Gasteiger charge is 2.53. The van der Waals surface area contributed by atoms with E-state index in [-0.39, 0.29) is 10.6 Å². The van der Waals surface area contributed by atoms with Crippen molar-refractivity contribution in [1.82, 2.24) is 4.98 Å². The molecule has 1 aromatic heterocycles. The van der Waals surface area contributed by atoms with Crippen molar-refractivity contribution in [2.24, 2.45) is 0 Å². The SMILES string of the molecule is CC(C)(C)[Si](C)(C)OC1(c2cscn2)CC1. The Morgan fingerprint density at radius 3 is 2.38 bits per heavy atom. The quantitative estimate of drug-likeness (QED) is 0.757. The van der Waals surface area contributed by atoms with Crippen molar-refractivity contribution in [2.45, 2.75) is 57.3 Å². The average Bonchev–Trinajstić information content (AvgIpc) is 2.71. The maximum Gasteiger partial charge on any atom is 0.193 e. The molecular weight excluding hydrogens is 234 g/mol. The Bertz CT molecular complexity index is 363. The second-order valence-corrected chi connectivity index (χ2v) is 11.7. The Hall–Kier alpha value is -0.193. The first-order chi connectivity index (χ1) is 7.27. The van der Waals surface area contributed by atoms with Crippen LogP contribution in [0.2, 0.25) is 18.1 Å². The van der Waals surface area contributed by atoms with E-state index in [0.717, 1.165) is 18.5 Å². The fourth-order valence-electron chi connectivity index (χ4n) is 1.60. The first kappa shape index (κ1) is 12.3. The summed E-state index contributed by atoms with van der Waals surface area (Å²) in [6, 6.07) is 0. The molecule has 0 spiro atoms. The van der Waals surface area contributed by atoms with Crippen LogP contribution in [0.1, 0.15) is 39.3 Å². The molecule has 1 saturated carbocycles. The van der Waals surface area contributed by atoms with Crippen molar-refractivity contribution in [3.8, 4) is 0 Å². The van der Waals surface area contributed by atoms with Crippen molar-refractivity contribution in [3.05, 3.63) is 16.6 Å². The Morgan fingerprint density at radius 1 is 1.38 bits per heavy atom. The normalized spacial score (nSPS) is 19.8. The van der Waals surface area contributed by atoms with Crippen LogP contribution in [0, 0.1) is 0 Å². The van der Waals surface area contributed by atoms with Gasteiger partial charge in [0.05, 0.1) is 16.8 Å². The summed E-state index contributed by atoms with van der Waals surface area (Å²) in [5, 5.41) is 2.42. The molecule has 4 heteroatoms. The van der Waals surface area contributed by atoms with E-state index in [1.165, 1.54) is 0 Å². The van der Waals surface area contributed by atoms with E-state index in [4.69, 9.17) is 4.43 Å². The highest BCUT2D eigenvalue weighted by molar-refractivity contribution is 7.07. The molecule has 0 radical (unpaired) electrons. The number of aromatic nitrogens is 1. The minimum absolute atomic E-state index is 0.0248. The van der Waals surface area contributed by atoms with Crippen LogP contribution < -0.4 is 0 Å². The van der Waals surface area contributed by atoms with Crippen molar-refractivity contribution >= 4 is 19.7 Å². The maximum atomic E-state index is 6.53. The largest absolute Gasteiger partial charge is 0.406 e. The zero-order valence-electron chi connectivity index (χ0n) is 10.8. The minimum Gasteiger partial charge on any atom is -0.406 e. The lowest BCUT2D eigenvalue weighted by atomic mass is 10.2. The van der Waals surface area contributed by atoms with Gasteiger partial charge in [0, 0.05) is 5.38 Å². The van der Waals surface area contributed by atoms with E-state index < -0.39 is 8.32 Å². The molecular formula is C12H21NOSSi. The smallest absolute Gasteiger partial charge is 0.193 e. The molecule has 2 nitrogen and oxygen atoms in total. The van der Waals surface area contributed by atoms with Crippen molar-refractivity contribution in [3.63, 3.8) is 0 Å². The third-order valence-corrected chi connectivity index (χ3v) is 8.96. The molecule has 0 aromatic carbocycles. The van der Waals surface area contributed by atoms with Gasteiger partial charge in [-0.25, -0.2) is 4.98 Å². The molecule has 0 N–H and O–H groups in total. The van der Waals surface area contributed by atoms with Gasteiger partial charge in [0.2, 0.25) is 0 Å². The average molecular weight is 255 g/mol. The number of thiazole rings is 1. The van der Waals surface area contributed by atoms with Gasteiger partial charge in [-0.05, 0) is 31.0 Å². The molecule has 1 heterocycles. The summed E-state index contributed by atoms with van der Waals surface area (Å²) in [7, 11) is -1.67. The van der Waals surface area contributed by atoms with Gasteiger partial charge in [0.15, 0.2) is 8.32 Å². The van der Waals surface area contributed by atoms with E-state index in [9.17, 15) is 0 Å². The monoisotopic (exact) mass is 255 g/mol. The third-order valence-electron chi connectivity index (χ3n) is 3.86. The molecule has 1 fully saturated rings. The van der Waals surface area contributed by atoms with Gasteiger partial charge < -0.3 is 4.43 Å². The van der Waals surface area contributed by atoms with E-state index in [0.29, 0.717) is 0 Å². The lowest BCUT2D eigenvalue weighted by Gasteiger charge is -2.39. The van der Waals surface area contributed by atoms with Crippen LogP contribution >= 0.6 is 11.3 Å². The van der Waals surface area contributed by atoms with Crippen LogP contribution in [0.5, 0.6) is 0 Å². The first-order valence-corrected chi connectivity index (χ1v) is 9.71. The molecule has 1 aromatic rings. The summed E-state index contributed by atoms with van der Waals surface area (Å²) in [5.74, 6) is 0. The maximum absolute atomic E-state index is 6.53. The van der Waals surface area contributed by atoms with Crippen LogP contribution in [-0.4, -0.2) is 13.3 Å². The highest BCUT2D eigenvalue weighted by atomic mass is 32.1. The van der Waals surface area contributed by atoms with E-state index in [1.54, 1.807) is 11.3 Å². The number of nitrogens with zero attached hydrogens (tertiary/aromatic N) is 1. The topological polar surface area (TPSA) is 22.1 Å². The van der Waals surface area contributed by atoms with Gasteiger partial charge in [-0.1, -0.05) is 20.8 Å². The second kappa shape index (κ2) is 3.65. The standard InChI is InChI=1S/C12H21NOSSi/c1-11(2,3)16(4,5)14-12(6-7-12)10-8-15-9-13-10/h8-9H,6-7H2,1-5H3. The lowest BCUT2D eigenvalue weighted by Crippen LogP contribution is -2.44. The second-order valence-electron chi connectivity index (χ2n) is 6.23. The Labute approximate surface area is 103 Å². The van der Waals surface area contributed by atoms with Crippen LogP contribution in [0.4, 0.5) is 0 Å². The minimum atomic E-state index is -1.67. The molecule has 0 aliphatic heterocycles. The van der Waals surface area contributed by atoms with E-state index >= 15 is 0 Å². The first-order valence-electron chi connectivity index (χ1n) is 5.86. The fraction of sp³-hybridized carbons (Fsp3) is 0.750. The molecule has 0 amide bonds. The molecule has 90 valence electrons. The van der Waals surface area contributed by atoms with Crippen molar-refractivity contribution in [1.29, 1.82) is 0 Å². The highest BCUT2D eigenvalue weighted by Crippen LogP contribution is 2.53. The van der Waals surface area contributed by atoms with Crippen LogP contribution in [0.3, 0.4) is 0 Å². The Morgan fingerprint density at radius 2 is 2.00 bits per heavy atom. The lowest BCUT2D eigenvalue weighted by molar-refractivity contribution is 0.155. The third kappa shape index (κ3) is 2.10. The summed E-state index contributed by atoms with van der Waals surface area (Å²) in [4.78, 5) is 4.43. The molecule has 2 rings (SSSR count). The van der Waals surface area contributed by atoms with Crippen molar-refractivity contribution in [2.75, 3.05) is 0 Å². The predicted molar refractivity (Wildman–Crippen MR) is 71.3 cm³/mol. The van der Waals surface area contributed by atoms with Gasteiger partial charge in [-0.2, -0.15) is 0 Å². The molecule has 0 unspecified atom stereocenters. The van der Waals surface area contributed by atoms with Crippen LogP contribution in [0.15, 0.2) is 10.9 Å². The molecule has 16 heavy (non-hydrogen) atoms. The Kier molecular flexibility index (Phi) is 2.80. The van der Waals surface area contributed by atoms with Crippen LogP contribution in [0.25, 0.3) is 0 Å². The summed E-state index contributed by atoms with van der Waals surface area (Å²) < 4.78 is 6.53. The summed E-state index contributed by atoms with van der Waals surface area (Å²) in [6.07, 6.45) is 2.28. The predicted octanol–water partition coefficient (Wildman–Crippen LogP) is 4.15. The van der Waals surface area contributed by atoms with Crippen molar-refractivity contribution < 1.29 is 4.43 Å². The number of hydrogen-bond donors (Lipinski definition) is 0. The zero-order valence-corrected chi connectivity index (χ0v) is 12.6. The molecule has 0 atom stereocenters. The summed E-state index contributed by atoms with van der Waals surface area (Å²) in [5.41, 5.74) is 3.04. The molecule has 1 aliphatic carbocycles. The van der Waals surface area contributed by atoms with Gasteiger partial charge in [0.1, 0.15) is 0 Å². The molecule has 0 bridgehead atoms. The van der Waals surface area contributed by atoms with E-state index in [2.05, 4.69) is 44.2 Å². The number of rotatable bonds is 3. The van der Waals surface area contributed by atoms with Crippen LogP contribution in [-0.2, 0) is 10.0 Å². The zero-order chi connectivity index (χ0) is 12.0. The number of hydrogen-bond acceptors (Lipinski definition) is 3. The summed E-state index contributed by atoms with van der Waals surface area (Å²) >= 11 is 1.66. The summed E-state index contributed by atoms with van der Waals surface area (Å²) in [6.45, 7) is 11.5. The van der Waals surface area contributed by atoms with Gasteiger partial charge >= 0.3 is 0 Å². The van der Waals surface area contributed by atoms with Gasteiger partial charge in [-0.15, -0.1) is 11.3 Å². The van der Waals surface area contributed by atoms with Gasteiger partial charge in [-0.3, -0.25) is 0 Å². The van der Waals surface area contributed by atoms with Gasteiger partial charge in [0.25, 0.3) is 0 Å². The molecule has 1 aliphatic rings. The Balaban J connectivity index is 2.17.